The Balaban J connectivity index is 2.46. The highest BCUT2D eigenvalue weighted by molar-refractivity contribution is 5.78. The van der Waals surface area contributed by atoms with E-state index in [4.69, 9.17) is 9.84 Å². The molecule has 1 fully saturated rings. The highest BCUT2D eigenvalue weighted by Gasteiger charge is 2.29. The highest BCUT2D eigenvalue weighted by Crippen LogP contribution is 2.18. The van der Waals surface area contributed by atoms with Crippen LogP contribution >= 0.6 is 0 Å². The monoisotopic (exact) mass is 300 g/mol. The third-order valence-corrected chi connectivity index (χ3v) is 3.67. The van der Waals surface area contributed by atoms with Crippen LogP contribution in [0.2, 0.25) is 0 Å². The van der Waals surface area contributed by atoms with Crippen molar-refractivity contribution >= 4 is 18.0 Å². The molecule has 1 saturated heterocycles. The van der Waals surface area contributed by atoms with Crippen LogP contribution in [0.1, 0.15) is 33.1 Å². The standard InChI is InChI=1S/C14H24N2O5/c1-3-10(12(17)18)8-15-14(20)16-7-5-6-11(9-16)13(19)21-4-2/h10-11H,3-9H2,1-2H3,(H,15,20)(H,17,18). The van der Waals surface area contributed by atoms with Gasteiger partial charge in [-0.15, -0.1) is 0 Å². The zero-order chi connectivity index (χ0) is 15.8. The Bertz CT molecular complexity index is 386. The summed E-state index contributed by atoms with van der Waals surface area (Å²) >= 11 is 0. The van der Waals surface area contributed by atoms with Gasteiger partial charge in [-0.25, -0.2) is 4.79 Å². The number of urea groups is 1. The quantitative estimate of drug-likeness (QED) is 0.716. The summed E-state index contributed by atoms with van der Waals surface area (Å²) in [5.74, 6) is -2.06. The van der Waals surface area contributed by atoms with E-state index in [0.717, 1.165) is 12.8 Å². The summed E-state index contributed by atoms with van der Waals surface area (Å²) in [5, 5.41) is 11.6. The highest BCUT2D eigenvalue weighted by atomic mass is 16.5. The van der Waals surface area contributed by atoms with E-state index in [1.165, 1.54) is 0 Å². The number of ether oxygens (including phenoxy) is 1. The molecule has 0 aromatic heterocycles. The van der Waals surface area contributed by atoms with Gasteiger partial charge in [0, 0.05) is 19.6 Å². The third-order valence-electron chi connectivity index (χ3n) is 3.67. The molecular weight excluding hydrogens is 276 g/mol. The molecule has 0 spiro atoms. The number of carboxylic acids is 1. The SMILES string of the molecule is CCOC(=O)C1CCCN(C(=O)NCC(CC)C(=O)O)C1. The van der Waals surface area contributed by atoms with Gasteiger partial charge in [-0.2, -0.15) is 0 Å². The Morgan fingerprint density at radius 3 is 2.67 bits per heavy atom. The van der Waals surface area contributed by atoms with Crippen LogP contribution in [-0.2, 0) is 14.3 Å². The minimum atomic E-state index is -0.916. The number of aliphatic carboxylic acids is 1. The summed E-state index contributed by atoms with van der Waals surface area (Å²) in [7, 11) is 0. The Morgan fingerprint density at radius 1 is 1.38 bits per heavy atom. The van der Waals surface area contributed by atoms with E-state index in [1.54, 1.807) is 18.7 Å². The molecular formula is C14H24N2O5. The summed E-state index contributed by atoms with van der Waals surface area (Å²) in [6, 6.07) is -0.316. The number of hydrogen-bond acceptors (Lipinski definition) is 4. The summed E-state index contributed by atoms with van der Waals surface area (Å²) in [6.07, 6.45) is 1.92. The molecule has 7 heteroatoms. The van der Waals surface area contributed by atoms with Crippen LogP contribution in [0.4, 0.5) is 4.79 Å². The van der Waals surface area contributed by atoms with E-state index in [-0.39, 0.29) is 24.5 Å². The minimum Gasteiger partial charge on any atom is -0.481 e. The van der Waals surface area contributed by atoms with Crippen LogP contribution in [0.15, 0.2) is 0 Å². The fraction of sp³-hybridized carbons (Fsp3) is 0.786. The molecule has 0 aromatic carbocycles. The lowest BCUT2D eigenvalue weighted by Gasteiger charge is -2.31. The molecule has 21 heavy (non-hydrogen) atoms. The normalized spacial score (nSPS) is 19.7. The molecule has 2 unspecified atom stereocenters. The number of hydrogen-bond donors (Lipinski definition) is 2. The topological polar surface area (TPSA) is 95.9 Å². The Labute approximate surface area is 124 Å². The van der Waals surface area contributed by atoms with Crippen molar-refractivity contribution in [3.63, 3.8) is 0 Å². The summed E-state index contributed by atoms with van der Waals surface area (Å²) in [6.45, 7) is 4.86. The Morgan fingerprint density at radius 2 is 2.10 bits per heavy atom. The van der Waals surface area contributed by atoms with Gasteiger partial charge in [0.2, 0.25) is 0 Å². The van der Waals surface area contributed by atoms with Crippen molar-refractivity contribution in [2.45, 2.75) is 33.1 Å². The maximum absolute atomic E-state index is 12.0. The average Bonchev–Trinajstić information content (AvgIpc) is 2.47. The molecule has 1 rings (SSSR count). The predicted molar refractivity (Wildman–Crippen MR) is 75.7 cm³/mol. The van der Waals surface area contributed by atoms with Gasteiger partial charge in [-0.1, -0.05) is 6.92 Å². The number of nitrogens with one attached hydrogen (secondary N) is 1. The van der Waals surface area contributed by atoms with Crippen molar-refractivity contribution in [1.82, 2.24) is 10.2 Å². The summed E-state index contributed by atoms with van der Waals surface area (Å²) in [4.78, 5) is 36.2. The van der Waals surface area contributed by atoms with Crippen molar-refractivity contribution < 1.29 is 24.2 Å². The molecule has 1 heterocycles. The fourth-order valence-electron chi connectivity index (χ4n) is 2.34. The van der Waals surface area contributed by atoms with E-state index in [0.29, 0.717) is 26.1 Å². The van der Waals surface area contributed by atoms with Gasteiger partial charge in [0.15, 0.2) is 0 Å². The molecule has 2 amide bonds. The first kappa shape index (κ1) is 17.3. The molecule has 0 bridgehead atoms. The third kappa shape index (κ3) is 5.24. The molecule has 0 radical (unpaired) electrons. The van der Waals surface area contributed by atoms with Crippen molar-refractivity contribution in [3.05, 3.63) is 0 Å². The largest absolute Gasteiger partial charge is 0.481 e. The molecule has 120 valence electrons. The van der Waals surface area contributed by atoms with Gasteiger partial charge in [0.1, 0.15) is 0 Å². The van der Waals surface area contributed by atoms with Gasteiger partial charge in [0.25, 0.3) is 0 Å². The van der Waals surface area contributed by atoms with Gasteiger partial charge in [0.05, 0.1) is 18.4 Å². The van der Waals surface area contributed by atoms with Gasteiger partial charge >= 0.3 is 18.0 Å². The van der Waals surface area contributed by atoms with E-state index in [2.05, 4.69) is 5.32 Å². The maximum atomic E-state index is 12.0. The van der Waals surface area contributed by atoms with Crippen molar-refractivity contribution in [2.75, 3.05) is 26.2 Å². The molecule has 2 atom stereocenters. The number of carbonyl (C=O) groups is 3. The predicted octanol–water partition coefficient (Wildman–Crippen LogP) is 1.08. The van der Waals surface area contributed by atoms with Crippen LogP contribution in [0.3, 0.4) is 0 Å². The second-order valence-corrected chi connectivity index (χ2v) is 5.17. The summed E-state index contributed by atoms with van der Waals surface area (Å²) < 4.78 is 4.98. The first-order valence-corrected chi connectivity index (χ1v) is 7.41. The van der Waals surface area contributed by atoms with E-state index in [1.807, 2.05) is 0 Å². The number of piperidine rings is 1. The first-order chi connectivity index (χ1) is 9.99. The van der Waals surface area contributed by atoms with Crippen LogP contribution < -0.4 is 5.32 Å². The van der Waals surface area contributed by atoms with Gasteiger partial charge < -0.3 is 20.1 Å². The summed E-state index contributed by atoms with van der Waals surface area (Å²) in [5.41, 5.74) is 0. The number of amides is 2. The molecule has 1 aliphatic rings. The molecule has 2 N–H and O–H groups in total. The average molecular weight is 300 g/mol. The number of esters is 1. The van der Waals surface area contributed by atoms with Gasteiger partial charge in [-0.05, 0) is 26.2 Å². The van der Waals surface area contributed by atoms with Crippen molar-refractivity contribution in [1.29, 1.82) is 0 Å². The lowest BCUT2D eigenvalue weighted by Crippen LogP contribution is -2.48. The molecule has 7 nitrogen and oxygen atoms in total. The zero-order valence-corrected chi connectivity index (χ0v) is 12.6. The number of rotatable bonds is 6. The minimum absolute atomic E-state index is 0.102. The van der Waals surface area contributed by atoms with Crippen LogP contribution in [0.25, 0.3) is 0 Å². The molecule has 0 aromatic rings. The van der Waals surface area contributed by atoms with E-state index >= 15 is 0 Å². The number of likely N-dealkylation sites (tertiary alicyclic amines) is 1. The van der Waals surface area contributed by atoms with Crippen LogP contribution in [-0.4, -0.2) is 54.2 Å². The fourth-order valence-corrected chi connectivity index (χ4v) is 2.34. The molecule has 0 aliphatic carbocycles. The molecule has 1 aliphatic heterocycles. The smallest absolute Gasteiger partial charge is 0.317 e. The van der Waals surface area contributed by atoms with Gasteiger partial charge in [-0.3, -0.25) is 9.59 Å². The number of nitrogens with zero attached hydrogens (tertiary/aromatic N) is 1. The van der Waals surface area contributed by atoms with E-state index < -0.39 is 11.9 Å². The first-order valence-electron chi connectivity index (χ1n) is 7.41. The van der Waals surface area contributed by atoms with Crippen LogP contribution in [0, 0.1) is 11.8 Å². The zero-order valence-electron chi connectivity index (χ0n) is 12.6. The van der Waals surface area contributed by atoms with Crippen LogP contribution in [0.5, 0.6) is 0 Å². The second kappa shape index (κ2) is 8.49. The second-order valence-electron chi connectivity index (χ2n) is 5.17. The van der Waals surface area contributed by atoms with Crippen molar-refractivity contribution in [3.8, 4) is 0 Å². The Kier molecular flexibility index (Phi) is 6.98. The lowest BCUT2D eigenvalue weighted by molar-refractivity contribution is -0.149. The van der Waals surface area contributed by atoms with Crippen molar-refractivity contribution in [2.24, 2.45) is 11.8 Å². The maximum Gasteiger partial charge on any atom is 0.317 e. The number of carboxylic acid groups (broad SMARTS) is 1. The number of carbonyl (C=O) groups excluding carboxylic acids is 2. The van der Waals surface area contributed by atoms with E-state index in [9.17, 15) is 14.4 Å². The lowest BCUT2D eigenvalue weighted by atomic mass is 9.98. The Hall–Kier alpha value is -1.79. The molecule has 0 saturated carbocycles.